The summed E-state index contributed by atoms with van der Waals surface area (Å²) in [7, 11) is 1.12. The molecule has 2 aromatic rings. The van der Waals surface area contributed by atoms with E-state index < -0.39 is 23.9 Å². The summed E-state index contributed by atoms with van der Waals surface area (Å²) in [6.45, 7) is 0.0518. The molecule has 0 fully saturated rings. The molecule has 0 radical (unpaired) electrons. The molecule has 0 aliphatic carbocycles. The SMILES string of the molecule is COC(=O)C(NC(=O)OCc1ccccc1)C(=O)c1ccc2c(c1)OCO2. The Hall–Kier alpha value is -3.55. The minimum Gasteiger partial charge on any atom is -0.467 e. The van der Waals surface area contributed by atoms with E-state index in [1.165, 1.54) is 12.1 Å². The van der Waals surface area contributed by atoms with E-state index >= 15 is 0 Å². The molecule has 3 rings (SSSR count). The maximum Gasteiger partial charge on any atom is 0.408 e. The van der Waals surface area contributed by atoms with Crippen molar-refractivity contribution in [3.8, 4) is 11.5 Å². The number of carbonyl (C=O) groups is 3. The van der Waals surface area contributed by atoms with Gasteiger partial charge in [-0.05, 0) is 23.8 Å². The van der Waals surface area contributed by atoms with Gasteiger partial charge >= 0.3 is 12.1 Å². The largest absolute Gasteiger partial charge is 0.467 e. The van der Waals surface area contributed by atoms with Crippen molar-refractivity contribution in [1.82, 2.24) is 5.32 Å². The van der Waals surface area contributed by atoms with Crippen LogP contribution < -0.4 is 14.8 Å². The summed E-state index contributed by atoms with van der Waals surface area (Å²) < 4.78 is 20.1. The van der Waals surface area contributed by atoms with Crippen LogP contribution in [0.5, 0.6) is 11.5 Å². The molecule has 1 heterocycles. The van der Waals surface area contributed by atoms with Crippen LogP contribution in [0.1, 0.15) is 15.9 Å². The zero-order valence-corrected chi connectivity index (χ0v) is 14.5. The van der Waals surface area contributed by atoms with Gasteiger partial charge in [0.2, 0.25) is 6.79 Å². The summed E-state index contributed by atoms with van der Waals surface area (Å²) in [5, 5.41) is 2.25. The lowest BCUT2D eigenvalue weighted by Crippen LogP contribution is -2.47. The Morgan fingerprint density at radius 2 is 1.81 bits per heavy atom. The minimum absolute atomic E-state index is 0.00121. The predicted octanol–water partition coefficient (Wildman–Crippen LogP) is 2.07. The van der Waals surface area contributed by atoms with Gasteiger partial charge in [0.15, 0.2) is 23.3 Å². The molecule has 0 saturated heterocycles. The van der Waals surface area contributed by atoms with Crippen LogP contribution in [0, 0.1) is 0 Å². The van der Waals surface area contributed by atoms with Crippen molar-refractivity contribution in [2.75, 3.05) is 13.9 Å². The average Bonchev–Trinajstić information content (AvgIpc) is 3.18. The Bertz CT molecular complexity index is 850. The van der Waals surface area contributed by atoms with Crippen molar-refractivity contribution in [2.45, 2.75) is 12.6 Å². The van der Waals surface area contributed by atoms with Crippen LogP contribution in [0.3, 0.4) is 0 Å². The number of ketones is 1. The van der Waals surface area contributed by atoms with Gasteiger partial charge < -0.3 is 24.3 Å². The molecule has 1 aliphatic heterocycles. The summed E-state index contributed by atoms with van der Waals surface area (Å²) in [5.74, 6) is -0.682. The Morgan fingerprint density at radius 3 is 2.56 bits per heavy atom. The highest BCUT2D eigenvalue weighted by atomic mass is 16.7. The van der Waals surface area contributed by atoms with Crippen molar-refractivity contribution < 1.29 is 33.3 Å². The van der Waals surface area contributed by atoms with Gasteiger partial charge in [0.05, 0.1) is 7.11 Å². The fraction of sp³-hybridized carbons (Fsp3) is 0.211. The third kappa shape index (κ3) is 4.35. The summed E-state index contributed by atoms with van der Waals surface area (Å²) >= 11 is 0. The second-order valence-electron chi connectivity index (χ2n) is 5.59. The van der Waals surface area contributed by atoms with Gasteiger partial charge in [0.25, 0.3) is 0 Å². The van der Waals surface area contributed by atoms with Gasteiger partial charge in [-0.25, -0.2) is 9.59 Å². The van der Waals surface area contributed by atoms with Crippen LogP contribution in [-0.4, -0.2) is 37.8 Å². The minimum atomic E-state index is -1.54. The van der Waals surface area contributed by atoms with E-state index in [-0.39, 0.29) is 19.0 Å². The van der Waals surface area contributed by atoms with E-state index in [1.807, 2.05) is 6.07 Å². The first-order valence-corrected chi connectivity index (χ1v) is 8.07. The lowest BCUT2D eigenvalue weighted by molar-refractivity contribution is -0.141. The molecule has 1 atom stereocenters. The number of fused-ring (bicyclic) bond motifs is 1. The summed E-state index contributed by atoms with van der Waals surface area (Å²) in [6, 6.07) is 11.9. The van der Waals surface area contributed by atoms with Crippen LogP contribution >= 0.6 is 0 Å². The third-order valence-corrected chi connectivity index (χ3v) is 3.83. The van der Waals surface area contributed by atoms with Crippen LogP contribution in [0.15, 0.2) is 48.5 Å². The lowest BCUT2D eigenvalue weighted by atomic mass is 10.0. The smallest absolute Gasteiger partial charge is 0.408 e. The predicted molar refractivity (Wildman–Crippen MR) is 92.5 cm³/mol. The first kappa shape index (κ1) is 18.2. The fourth-order valence-electron chi connectivity index (χ4n) is 2.45. The van der Waals surface area contributed by atoms with Crippen molar-refractivity contribution in [3.63, 3.8) is 0 Å². The number of carbonyl (C=O) groups excluding carboxylic acids is 3. The van der Waals surface area contributed by atoms with Crippen molar-refractivity contribution in [2.24, 2.45) is 0 Å². The number of nitrogens with one attached hydrogen (secondary N) is 1. The molecule has 27 heavy (non-hydrogen) atoms. The first-order chi connectivity index (χ1) is 13.1. The van der Waals surface area contributed by atoms with Gasteiger partial charge in [0, 0.05) is 5.56 Å². The summed E-state index contributed by atoms with van der Waals surface area (Å²) in [4.78, 5) is 36.7. The second-order valence-corrected chi connectivity index (χ2v) is 5.59. The van der Waals surface area contributed by atoms with Gasteiger partial charge in [-0.3, -0.25) is 4.79 Å². The van der Waals surface area contributed by atoms with E-state index in [4.69, 9.17) is 14.2 Å². The van der Waals surface area contributed by atoms with Gasteiger partial charge in [-0.2, -0.15) is 0 Å². The van der Waals surface area contributed by atoms with E-state index in [0.717, 1.165) is 12.7 Å². The Kier molecular flexibility index (Phi) is 5.55. The molecular formula is C19H17NO7. The number of hydrogen-bond acceptors (Lipinski definition) is 7. The monoisotopic (exact) mass is 371 g/mol. The molecule has 0 aromatic heterocycles. The first-order valence-electron chi connectivity index (χ1n) is 8.07. The van der Waals surface area contributed by atoms with Gasteiger partial charge in [0.1, 0.15) is 6.61 Å². The Morgan fingerprint density at radius 1 is 1.07 bits per heavy atom. The van der Waals surface area contributed by atoms with Crippen LogP contribution in [0.4, 0.5) is 4.79 Å². The summed E-state index contributed by atoms with van der Waals surface area (Å²) in [6.07, 6.45) is -0.914. The zero-order valence-electron chi connectivity index (χ0n) is 14.5. The molecule has 1 aliphatic rings. The molecule has 1 unspecified atom stereocenters. The van der Waals surface area contributed by atoms with E-state index in [0.29, 0.717) is 11.5 Å². The molecule has 8 nitrogen and oxygen atoms in total. The van der Waals surface area contributed by atoms with Crippen molar-refractivity contribution in [3.05, 3.63) is 59.7 Å². The number of Topliss-reactive ketones (excluding diaryl/α,β-unsaturated/α-hetero) is 1. The highest BCUT2D eigenvalue weighted by Crippen LogP contribution is 2.32. The number of rotatable bonds is 6. The Balaban J connectivity index is 1.68. The topological polar surface area (TPSA) is 100 Å². The number of alkyl carbamates (subject to hydrolysis) is 1. The summed E-state index contributed by atoms with van der Waals surface area (Å²) in [5.41, 5.74) is 0.933. The highest BCUT2D eigenvalue weighted by molar-refractivity contribution is 6.13. The maximum atomic E-state index is 12.7. The second kappa shape index (κ2) is 8.22. The van der Waals surface area contributed by atoms with E-state index in [1.54, 1.807) is 30.3 Å². The lowest BCUT2D eigenvalue weighted by Gasteiger charge is -2.15. The van der Waals surface area contributed by atoms with Gasteiger partial charge in [-0.1, -0.05) is 30.3 Å². The molecule has 1 amide bonds. The van der Waals surface area contributed by atoms with Crippen LogP contribution in [0.25, 0.3) is 0 Å². The zero-order chi connectivity index (χ0) is 19.2. The molecule has 1 N–H and O–H groups in total. The number of benzene rings is 2. The highest BCUT2D eigenvalue weighted by Gasteiger charge is 2.32. The molecule has 0 saturated carbocycles. The number of amides is 1. The average molecular weight is 371 g/mol. The molecule has 140 valence electrons. The fourth-order valence-corrected chi connectivity index (χ4v) is 2.45. The van der Waals surface area contributed by atoms with E-state index in [9.17, 15) is 14.4 Å². The van der Waals surface area contributed by atoms with Crippen molar-refractivity contribution in [1.29, 1.82) is 0 Å². The molecule has 8 heteroatoms. The van der Waals surface area contributed by atoms with Crippen LogP contribution in [-0.2, 0) is 20.9 Å². The number of ether oxygens (including phenoxy) is 4. The van der Waals surface area contributed by atoms with Crippen LogP contribution in [0.2, 0.25) is 0 Å². The molecule has 0 spiro atoms. The third-order valence-electron chi connectivity index (χ3n) is 3.83. The molecule has 2 aromatic carbocycles. The number of methoxy groups -OCH3 is 1. The van der Waals surface area contributed by atoms with E-state index in [2.05, 4.69) is 10.1 Å². The normalized spacial score (nSPS) is 12.8. The van der Waals surface area contributed by atoms with Crippen molar-refractivity contribution >= 4 is 17.8 Å². The quantitative estimate of drug-likeness (QED) is 0.471. The van der Waals surface area contributed by atoms with Gasteiger partial charge in [-0.15, -0.1) is 0 Å². The molecular weight excluding hydrogens is 354 g/mol. The Labute approximate surface area is 155 Å². The molecule has 0 bridgehead atoms. The standard InChI is InChI=1S/C19H17NO7/c1-24-18(22)16(20-19(23)25-10-12-5-3-2-4-6-12)17(21)13-7-8-14-15(9-13)27-11-26-14/h2-9,16H,10-11H2,1H3,(H,20,23). The maximum absolute atomic E-state index is 12.7. The number of hydrogen-bond donors (Lipinski definition) is 1. The number of esters is 1.